The van der Waals surface area contributed by atoms with Crippen molar-refractivity contribution in [3.63, 3.8) is 0 Å². The molecule has 116 valence electrons. The van der Waals surface area contributed by atoms with Crippen LogP contribution in [-0.4, -0.2) is 12.5 Å². The van der Waals surface area contributed by atoms with Crippen LogP contribution < -0.4 is 10.1 Å². The van der Waals surface area contributed by atoms with Gasteiger partial charge in [-0.25, -0.2) is 4.39 Å². The number of hydrogen-bond acceptors (Lipinski definition) is 2. The highest BCUT2D eigenvalue weighted by molar-refractivity contribution is 5.78. The molecule has 0 aromatic heterocycles. The minimum atomic E-state index is -0.287. The van der Waals surface area contributed by atoms with Gasteiger partial charge in [0.1, 0.15) is 11.6 Å². The molecule has 2 rings (SSSR count). The Hall–Kier alpha value is -2.36. The monoisotopic (exact) mass is 301 g/mol. The third-order valence-electron chi connectivity index (χ3n) is 3.33. The van der Waals surface area contributed by atoms with Crippen LogP contribution in [0.3, 0.4) is 0 Å². The molecule has 2 aromatic rings. The second-order valence-electron chi connectivity index (χ2n) is 5.44. The lowest BCUT2D eigenvalue weighted by atomic mass is 9.96. The van der Waals surface area contributed by atoms with Crippen LogP contribution in [0.15, 0.2) is 54.6 Å². The zero-order valence-electron chi connectivity index (χ0n) is 12.8. The maximum atomic E-state index is 13.0. The van der Waals surface area contributed by atoms with Crippen LogP contribution in [0.4, 0.5) is 4.39 Å². The Balaban J connectivity index is 1.96. The predicted octanol–water partition coefficient (Wildman–Crippen LogP) is 3.72. The first-order chi connectivity index (χ1) is 10.6. The van der Waals surface area contributed by atoms with Gasteiger partial charge in [0.2, 0.25) is 0 Å². The predicted molar refractivity (Wildman–Crippen MR) is 84.1 cm³/mol. The molecule has 0 aliphatic rings. The summed E-state index contributed by atoms with van der Waals surface area (Å²) in [5.41, 5.74) is 0.879. The lowest BCUT2D eigenvalue weighted by molar-refractivity contribution is -0.124. The molecule has 0 bridgehead atoms. The molecule has 22 heavy (non-hydrogen) atoms. The highest BCUT2D eigenvalue weighted by Gasteiger charge is 2.18. The van der Waals surface area contributed by atoms with Crippen LogP contribution in [0.5, 0.6) is 5.75 Å². The highest BCUT2D eigenvalue weighted by Crippen LogP contribution is 2.21. The summed E-state index contributed by atoms with van der Waals surface area (Å²) >= 11 is 0. The Labute approximate surface area is 130 Å². The zero-order chi connectivity index (χ0) is 15.9. The van der Waals surface area contributed by atoms with E-state index >= 15 is 0 Å². The average Bonchev–Trinajstić information content (AvgIpc) is 2.52. The summed E-state index contributed by atoms with van der Waals surface area (Å²) in [6.07, 6.45) is 0. The van der Waals surface area contributed by atoms with E-state index in [1.54, 1.807) is 24.3 Å². The van der Waals surface area contributed by atoms with E-state index < -0.39 is 0 Å². The summed E-state index contributed by atoms with van der Waals surface area (Å²) in [6.45, 7) is 3.97. The lowest BCUT2D eigenvalue weighted by Crippen LogP contribution is -2.35. The fraction of sp³-hybridized carbons (Fsp3) is 0.278. The van der Waals surface area contributed by atoms with Crippen molar-refractivity contribution in [2.75, 3.05) is 6.61 Å². The number of halogens is 1. The molecule has 0 saturated heterocycles. The van der Waals surface area contributed by atoms with E-state index in [0.717, 1.165) is 5.56 Å². The number of rotatable bonds is 6. The fourth-order valence-electron chi connectivity index (χ4n) is 2.19. The number of amides is 1. The van der Waals surface area contributed by atoms with Crippen molar-refractivity contribution in [2.45, 2.75) is 19.9 Å². The van der Waals surface area contributed by atoms with E-state index in [9.17, 15) is 9.18 Å². The first kappa shape index (κ1) is 16.0. The van der Waals surface area contributed by atoms with Gasteiger partial charge in [-0.3, -0.25) is 4.79 Å². The molecule has 1 amide bonds. The first-order valence-electron chi connectivity index (χ1n) is 7.29. The normalized spacial score (nSPS) is 12.0. The molecular formula is C18H20FNO2. The maximum Gasteiger partial charge on any atom is 0.258 e. The number of benzene rings is 2. The summed E-state index contributed by atoms with van der Waals surface area (Å²) in [7, 11) is 0. The summed E-state index contributed by atoms with van der Waals surface area (Å²) in [6, 6.07) is 15.2. The third-order valence-corrected chi connectivity index (χ3v) is 3.33. The fourth-order valence-corrected chi connectivity index (χ4v) is 2.19. The summed E-state index contributed by atoms with van der Waals surface area (Å²) in [4.78, 5) is 12.1. The number of hydrogen-bond donors (Lipinski definition) is 1. The van der Waals surface area contributed by atoms with Crippen LogP contribution in [0.2, 0.25) is 0 Å². The number of ether oxygens (including phenoxy) is 1. The molecule has 0 fully saturated rings. The van der Waals surface area contributed by atoms with Gasteiger partial charge in [0.25, 0.3) is 5.91 Å². The van der Waals surface area contributed by atoms with Crippen LogP contribution in [0.25, 0.3) is 0 Å². The first-order valence-corrected chi connectivity index (χ1v) is 7.29. The number of carbonyl (C=O) groups is 1. The molecule has 0 unspecified atom stereocenters. The molecule has 0 radical (unpaired) electrons. The highest BCUT2D eigenvalue weighted by atomic mass is 19.1. The molecule has 4 heteroatoms. The van der Waals surface area contributed by atoms with Crippen LogP contribution in [0.1, 0.15) is 25.5 Å². The molecule has 3 nitrogen and oxygen atoms in total. The van der Waals surface area contributed by atoms with Gasteiger partial charge in [0, 0.05) is 0 Å². The molecule has 0 aliphatic heterocycles. The van der Waals surface area contributed by atoms with Crippen LogP contribution in [-0.2, 0) is 4.79 Å². The van der Waals surface area contributed by atoms with Crippen molar-refractivity contribution >= 4 is 5.91 Å². The van der Waals surface area contributed by atoms with Gasteiger partial charge in [-0.1, -0.05) is 44.2 Å². The van der Waals surface area contributed by atoms with Crippen molar-refractivity contribution in [3.05, 3.63) is 66.0 Å². The third kappa shape index (κ3) is 4.58. The smallest absolute Gasteiger partial charge is 0.258 e. The SMILES string of the molecule is CC(C)[C@@H](NC(=O)COc1ccccc1)c1ccc(F)cc1. The second-order valence-corrected chi connectivity index (χ2v) is 5.44. The van der Waals surface area contributed by atoms with Crippen molar-refractivity contribution in [1.82, 2.24) is 5.32 Å². The number of carbonyl (C=O) groups excluding carboxylic acids is 1. The minimum Gasteiger partial charge on any atom is -0.484 e. The zero-order valence-corrected chi connectivity index (χ0v) is 12.8. The van der Waals surface area contributed by atoms with Crippen molar-refractivity contribution in [1.29, 1.82) is 0 Å². The molecule has 0 saturated carbocycles. The second kappa shape index (κ2) is 7.59. The molecule has 0 aliphatic carbocycles. The molecular weight excluding hydrogens is 281 g/mol. The largest absolute Gasteiger partial charge is 0.484 e. The standard InChI is InChI=1S/C18H20FNO2/c1-13(2)18(14-8-10-15(19)11-9-14)20-17(21)12-22-16-6-4-3-5-7-16/h3-11,13,18H,12H2,1-2H3,(H,20,21)/t18-/m1/s1. The van der Waals surface area contributed by atoms with Gasteiger partial charge in [0.05, 0.1) is 6.04 Å². The quantitative estimate of drug-likeness (QED) is 0.883. The van der Waals surface area contributed by atoms with Gasteiger partial charge in [-0.15, -0.1) is 0 Å². The van der Waals surface area contributed by atoms with E-state index in [-0.39, 0.29) is 30.3 Å². The summed E-state index contributed by atoms with van der Waals surface area (Å²) in [5.74, 6) is 0.350. The van der Waals surface area contributed by atoms with Crippen LogP contribution in [0, 0.1) is 11.7 Å². The molecule has 2 aromatic carbocycles. The Bertz CT molecular complexity index is 596. The van der Waals surface area contributed by atoms with E-state index in [1.807, 2.05) is 32.0 Å². The molecule has 1 atom stereocenters. The molecule has 0 heterocycles. The summed E-state index contributed by atoms with van der Waals surface area (Å²) in [5, 5.41) is 2.94. The van der Waals surface area contributed by atoms with Crippen LogP contribution >= 0.6 is 0 Å². The van der Waals surface area contributed by atoms with Gasteiger partial charge < -0.3 is 10.1 Å². The molecule has 1 N–H and O–H groups in total. The average molecular weight is 301 g/mol. The van der Waals surface area contributed by atoms with E-state index in [0.29, 0.717) is 5.75 Å². The Morgan fingerprint density at radius 2 is 1.73 bits per heavy atom. The molecule has 0 spiro atoms. The Morgan fingerprint density at radius 1 is 1.09 bits per heavy atom. The summed E-state index contributed by atoms with van der Waals surface area (Å²) < 4.78 is 18.4. The number of para-hydroxylation sites is 1. The van der Waals surface area contributed by atoms with Crippen molar-refractivity contribution < 1.29 is 13.9 Å². The van der Waals surface area contributed by atoms with E-state index in [4.69, 9.17) is 4.74 Å². The van der Waals surface area contributed by atoms with Gasteiger partial charge in [-0.2, -0.15) is 0 Å². The minimum absolute atomic E-state index is 0.0472. The maximum absolute atomic E-state index is 13.0. The van der Waals surface area contributed by atoms with Gasteiger partial charge in [0.15, 0.2) is 6.61 Å². The van der Waals surface area contributed by atoms with Crippen molar-refractivity contribution in [2.24, 2.45) is 5.92 Å². The lowest BCUT2D eigenvalue weighted by Gasteiger charge is -2.23. The van der Waals surface area contributed by atoms with Gasteiger partial charge >= 0.3 is 0 Å². The van der Waals surface area contributed by atoms with Crippen molar-refractivity contribution in [3.8, 4) is 5.75 Å². The van der Waals surface area contributed by atoms with Gasteiger partial charge in [-0.05, 0) is 35.7 Å². The number of nitrogens with one attached hydrogen (secondary N) is 1. The topological polar surface area (TPSA) is 38.3 Å². The van der Waals surface area contributed by atoms with E-state index in [1.165, 1.54) is 12.1 Å². The Morgan fingerprint density at radius 3 is 2.32 bits per heavy atom. The Kier molecular flexibility index (Phi) is 5.53. The van der Waals surface area contributed by atoms with E-state index in [2.05, 4.69) is 5.32 Å².